The highest BCUT2D eigenvalue weighted by molar-refractivity contribution is 6.30. The van der Waals surface area contributed by atoms with Crippen LogP contribution in [0.3, 0.4) is 0 Å². The average molecular weight is 407 g/mol. The maximum absolute atomic E-state index is 12.2. The number of carbonyl (C=O) groups excluding carboxylic acids is 2. The second-order valence-electron chi connectivity index (χ2n) is 5.88. The predicted molar refractivity (Wildman–Crippen MR) is 108 cm³/mol. The lowest BCUT2D eigenvalue weighted by Gasteiger charge is -2.08. The first-order valence-electron chi connectivity index (χ1n) is 8.54. The number of halogens is 1. The molecule has 0 aliphatic heterocycles. The minimum Gasteiger partial charge on any atom is -0.482 e. The zero-order valence-corrected chi connectivity index (χ0v) is 15.8. The van der Waals surface area contributed by atoms with Crippen molar-refractivity contribution in [2.75, 3.05) is 11.9 Å². The lowest BCUT2D eigenvalue weighted by atomic mass is 10.2. The highest BCUT2D eigenvalue weighted by Crippen LogP contribution is 2.18. The van der Waals surface area contributed by atoms with Gasteiger partial charge in [-0.15, -0.1) is 0 Å². The first-order valence-corrected chi connectivity index (χ1v) is 8.92. The predicted octanol–water partition coefficient (Wildman–Crippen LogP) is 4.45. The van der Waals surface area contributed by atoms with Gasteiger partial charge < -0.3 is 14.8 Å². The Morgan fingerprint density at radius 3 is 2.14 bits per heavy atom. The van der Waals surface area contributed by atoms with Crippen LogP contribution < -0.4 is 14.8 Å². The van der Waals surface area contributed by atoms with Gasteiger partial charge in [-0.1, -0.05) is 11.6 Å². The molecule has 0 saturated heterocycles. The molecule has 0 aromatic heterocycles. The van der Waals surface area contributed by atoms with E-state index in [0.717, 1.165) is 0 Å². The lowest BCUT2D eigenvalue weighted by molar-refractivity contribution is -0.136. The molecule has 0 saturated carbocycles. The van der Waals surface area contributed by atoms with Crippen molar-refractivity contribution in [2.24, 2.45) is 0 Å². The van der Waals surface area contributed by atoms with E-state index in [2.05, 4.69) is 5.32 Å². The molecule has 0 aliphatic carbocycles. The highest BCUT2D eigenvalue weighted by Gasteiger charge is 2.09. The van der Waals surface area contributed by atoms with E-state index < -0.39 is 5.97 Å². The summed E-state index contributed by atoms with van der Waals surface area (Å²) < 4.78 is 10.5. The van der Waals surface area contributed by atoms with Gasteiger partial charge in [-0.05, 0) is 72.8 Å². The third-order valence-electron chi connectivity index (χ3n) is 3.79. The molecule has 6 nitrogen and oxygen atoms in total. The van der Waals surface area contributed by atoms with Crippen LogP contribution in [-0.2, 0) is 4.79 Å². The van der Waals surface area contributed by atoms with Gasteiger partial charge in [0.05, 0.1) is 11.6 Å². The van der Waals surface area contributed by atoms with E-state index in [1.807, 2.05) is 6.07 Å². The number of hydrogen-bond acceptors (Lipinski definition) is 5. The number of ether oxygens (including phenoxy) is 2. The van der Waals surface area contributed by atoms with Gasteiger partial charge in [0, 0.05) is 16.3 Å². The number of nitrogens with zero attached hydrogens (tertiary/aromatic N) is 1. The number of nitriles is 1. The Labute approximate surface area is 172 Å². The molecular formula is C22H15ClN2O4. The van der Waals surface area contributed by atoms with Crippen LogP contribution in [-0.4, -0.2) is 18.5 Å². The molecule has 0 heterocycles. The molecule has 0 fully saturated rings. The molecular weight excluding hydrogens is 392 g/mol. The summed E-state index contributed by atoms with van der Waals surface area (Å²) in [5, 5.41) is 12.0. The quantitative estimate of drug-likeness (QED) is 0.482. The van der Waals surface area contributed by atoms with Gasteiger partial charge in [0.25, 0.3) is 5.91 Å². The fraction of sp³-hybridized carbons (Fsp3) is 0.0455. The summed E-state index contributed by atoms with van der Waals surface area (Å²) in [7, 11) is 0. The van der Waals surface area contributed by atoms with Crippen LogP contribution in [0.15, 0.2) is 72.8 Å². The van der Waals surface area contributed by atoms with Crippen molar-refractivity contribution >= 4 is 29.2 Å². The Balaban J connectivity index is 1.50. The normalized spacial score (nSPS) is 9.93. The summed E-state index contributed by atoms with van der Waals surface area (Å²) in [5.41, 5.74) is 1.53. The fourth-order valence-electron chi connectivity index (χ4n) is 2.34. The maximum Gasteiger partial charge on any atom is 0.349 e. The number of rotatable bonds is 6. The van der Waals surface area contributed by atoms with Crippen LogP contribution in [0, 0.1) is 11.3 Å². The third-order valence-corrected chi connectivity index (χ3v) is 4.04. The summed E-state index contributed by atoms with van der Waals surface area (Å²) in [5.74, 6) is -0.0707. The van der Waals surface area contributed by atoms with E-state index in [0.29, 0.717) is 33.3 Å². The van der Waals surface area contributed by atoms with Crippen molar-refractivity contribution in [3.05, 3.63) is 88.9 Å². The summed E-state index contributed by atoms with van der Waals surface area (Å²) >= 11 is 5.81. The van der Waals surface area contributed by atoms with Crippen LogP contribution in [0.1, 0.15) is 15.9 Å². The van der Waals surface area contributed by atoms with Gasteiger partial charge in [-0.25, -0.2) is 4.79 Å². The minimum atomic E-state index is -0.577. The van der Waals surface area contributed by atoms with Crippen LogP contribution in [0.5, 0.6) is 11.5 Å². The smallest absolute Gasteiger partial charge is 0.349 e. The Morgan fingerprint density at radius 2 is 1.52 bits per heavy atom. The second-order valence-corrected chi connectivity index (χ2v) is 6.32. The number of hydrogen-bond donors (Lipinski definition) is 1. The summed E-state index contributed by atoms with van der Waals surface area (Å²) in [4.78, 5) is 24.1. The van der Waals surface area contributed by atoms with Crippen LogP contribution >= 0.6 is 11.6 Å². The molecule has 0 spiro atoms. The zero-order valence-electron chi connectivity index (χ0n) is 15.1. The van der Waals surface area contributed by atoms with Crippen LogP contribution in [0.2, 0.25) is 5.02 Å². The average Bonchev–Trinajstić information content (AvgIpc) is 2.74. The van der Waals surface area contributed by atoms with Crippen LogP contribution in [0.25, 0.3) is 0 Å². The molecule has 0 aliphatic rings. The molecule has 29 heavy (non-hydrogen) atoms. The molecule has 0 radical (unpaired) electrons. The number of amides is 1. The van der Waals surface area contributed by atoms with Gasteiger partial charge in [0.1, 0.15) is 11.5 Å². The Kier molecular flexibility index (Phi) is 6.46. The Bertz CT molecular complexity index is 1040. The van der Waals surface area contributed by atoms with Crippen molar-refractivity contribution < 1.29 is 19.1 Å². The molecule has 7 heteroatoms. The second kappa shape index (κ2) is 9.40. The highest BCUT2D eigenvalue weighted by atomic mass is 35.5. The topological polar surface area (TPSA) is 88.4 Å². The monoisotopic (exact) mass is 406 g/mol. The van der Waals surface area contributed by atoms with E-state index in [1.54, 1.807) is 72.8 Å². The van der Waals surface area contributed by atoms with Crippen molar-refractivity contribution in [2.45, 2.75) is 0 Å². The zero-order chi connectivity index (χ0) is 20.6. The van der Waals surface area contributed by atoms with Gasteiger partial charge in [-0.3, -0.25) is 4.79 Å². The molecule has 3 rings (SSSR count). The standard InChI is InChI=1S/C22H15ClN2O4/c23-17-5-3-16(4-6-17)22(27)25-18-7-11-20(12-8-18)29-21(26)14-28-19-9-1-15(13-24)2-10-19/h1-12H,14H2,(H,25,27). The molecule has 0 unspecified atom stereocenters. The number of anilines is 1. The van der Waals surface area contributed by atoms with Crippen molar-refractivity contribution in [1.29, 1.82) is 5.26 Å². The van der Waals surface area contributed by atoms with Crippen molar-refractivity contribution in [1.82, 2.24) is 0 Å². The lowest BCUT2D eigenvalue weighted by Crippen LogP contribution is -2.17. The van der Waals surface area contributed by atoms with E-state index in [1.165, 1.54) is 0 Å². The SMILES string of the molecule is N#Cc1ccc(OCC(=O)Oc2ccc(NC(=O)c3ccc(Cl)cc3)cc2)cc1. The number of esters is 1. The molecule has 1 amide bonds. The van der Waals surface area contributed by atoms with E-state index in [4.69, 9.17) is 26.3 Å². The fourth-order valence-corrected chi connectivity index (χ4v) is 2.47. The van der Waals surface area contributed by atoms with Gasteiger partial charge in [0.15, 0.2) is 6.61 Å². The Hall–Kier alpha value is -3.82. The van der Waals surface area contributed by atoms with Gasteiger partial charge in [0.2, 0.25) is 0 Å². The van der Waals surface area contributed by atoms with E-state index >= 15 is 0 Å². The summed E-state index contributed by atoms with van der Waals surface area (Å²) in [6.07, 6.45) is 0. The van der Waals surface area contributed by atoms with Crippen LogP contribution in [0.4, 0.5) is 5.69 Å². The summed E-state index contributed by atoms with van der Waals surface area (Å²) in [6, 6.07) is 21.3. The largest absolute Gasteiger partial charge is 0.482 e. The van der Waals surface area contributed by atoms with Gasteiger partial charge in [-0.2, -0.15) is 5.26 Å². The third kappa shape index (κ3) is 5.83. The maximum atomic E-state index is 12.2. The number of nitrogens with one attached hydrogen (secondary N) is 1. The molecule has 1 N–H and O–H groups in total. The van der Waals surface area contributed by atoms with E-state index in [9.17, 15) is 9.59 Å². The number of carbonyl (C=O) groups is 2. The molecule has 3 aromatic rings. The minimum absolute atomic E-state index is 0.276. The molecule has 3 aromatic carbocycles. The van der Waals surface area contributed by atoms with Crippen molar-refractivity contribution in [3.8, 4) is 17.6 Å². The molecule has 0 bridgehead atoms. The Morgan fingerprint density at radius 1 is 0.897 bits per heavy atom. The molecule has 144 valence electrons. The molecule has 0 atom stereocenters. The van der Waals surface area contributed by atoms with Crippen molar-refractivity contribution in [3.63, 3.8) is 0 Å². The first kappa shape index (κ1) is 19.9. The number of benzene rings is 3. The first-order chi connectivity index (χ1) is 14.0. The van der Waals surface area contributed by atoms with Gasteiger partial charge >= 0.3 is 5.97 Å². The van der Waals surface area contributed by atoms with E-state index in [-0.39, 0.29) is 12.5 Å². The summed E-state index contributed by atoms with van der Waals surface area (Å²) in [6.45, 7) is -0.277.